The van der Waals surface area contributed by atoms with Gasteiger partial charge < -0.3 is 14.6 Å². The van der Waals surface area contributed by atoms with Crippen LogP contribution in [-0.2, 0) is 19.1 Å². The number of aliphatic carboxylic acids is 1. The van der Waals surface area contributed by atoms with Gasteiger partial charge in [-0.1, -0.05) is 0 Å². The Morgan fingerprint density at radius 1 is 1.21 bits per heavy atom. The number of hydrogen-bond donors (Lipinski definition) is 1. The summed E-state index contributed by atoms with van der Waals surface area (Å²) in [6.45, 7) is 6.40. The summed E-state index contributed by atoms with van der Waals surface area (Å²) in [6.07, 6.45) is 0.105. The van der Waals surface area contributed by atoms with Gasteiger partial charge in [0.1, 0.15) is 0 Å². The first-order chi connectivity index (χ1) is 6.54. The van der Waals surface area contributed by atoms with Crippen molar-refractivity contribution in [3.8, 4) is 0 Å². The molecule has 0 heterocycles. The summed E-state index contributed by atoms with van der Waals surface area (Å²) in [6, 6.07) is 0. The minimum atomic E-state index is -0.807. The molecule has 0 aliphatic rings. The van der Waals surface area contributed by atoms with E-state index < -0.39 is 5.97 Å². The van der Waals surface area contributed by atoms with Gasteiger partial charge >= 0.3 is 11.9 Å². The van der Waals surface area contributed by atoms with E-state index in [2.05, 4.69) is 4.74 Å². The number of carboxylic acid groups (broad SMARTS) is 1. The highest BCUT2D eigenvalue weighted by Gasteiger charge is 1.92. The Labute approximate surface area is 84.0 Å². The van der Waals surface area contributed by atoms with Crippen LogP contribution < -0.4 is 0 Å². The predicted octanol–water partition coefficient (Wildman–Crippen LogP) is 1.07. The van der Waals surface area contributed by atoms with Crippen LogP contribution in [0.4, 0.5) is 0 Å². The second kappa shape index (κ2) is 11.9. The summed E-state index contributed by atoms with van der Waals surface area (Å²) in [5.74, 6) is -1.02. The van der Waals surface area contributed by atoms with E-state index >= 15 is 0 Å². The van der Waals surface area contributed by atoms with Crippen LogP contribution in [0.1, 0.15) is 27.2 Å². The van der Waals surface area contributed by atoms with Crippen LogP contribution in [0.5, 0.6) is 0 Å². The number of esters is 1. The van der Waals surface area contributed by atoms with E-state index in [1.807, 2.05) is 6.92 Å². The molecule has 1 N–H and O–H groups in total. The first-order valence-corrected chi connectivity index (χ1v) is 4.47. The molecule has 0 aliphatic carbocycles. The lowest BCUT2D eigenvalue weighted by atomic mass is 10.5. The summed E-state index contributed by atoms with van der Waals surface area (Å²) in [7, 11) is 0. The molecule has 0 rings (SSSR count). The molecule has 0 spiro atoms. The lowest BCUT2D eigenvalue weighted by Crippen LogP contribution is -2.01. The second-order valence-electron chi connectivity index (χ2n) is 2.27. The van der Waals surface area contributed by atoms with Crippen LogP contribution in [0, 0.1) is 0 Å². The Hall–Kier alpha value is -1.10. The largest absolute Gasteiger partial charge is 0.481 e. The van der Waals surface area contributed by atoms with Crippen molar-refractivity contribution >= 4 is 11.9 Å². The number of carboxylic acids is 1. The molecule has 0 amide bonds. The highest BCUT2D eigenvalue weighted by atomic mass is 16.5. The quantitative estimate of drug-likeness (QED) is 0.538. The van der Waals surface area contributed by atoms with Crippen LogP contribution >= 0.6 is 0 Å². The number of ether oxygens (including phenoxy) is 2. The molecule has 0 aliphatic heterocycles. The van der Waals surface area contributed by atoms with Crippen molar-refractivity contribution in [2.75, 3.05) is 19.8 Å². The Morgan fingerprint density at radius 3 is 2.00 bits per heavy atom. The molecule has 0 fully saturated rings. The van der Waals surface area contributed by atoms with E-state index in [1.165, 1.54) is 6.92 Å². The first-order valence-electron chi connectivity index (χ1n) is 4.47. The molecule has 0 atom stereocenters. The molecule has 0 unspecified atom stereocenters. The number of hydrogen-bond acceptors (Lipinski definition) is 4. The molecule has 5 nitrogen and oxygen atoms in total. The summed E-state index contributed by atoms with van der Waals surface area (Å²) in [4.78, 5) is 19.6. The molecule has 0 aromatic heterocycles. The molecule has 5 heteroatoms. The Kier molecular flexibility index (Phi) is 13.1. The number of rotatable bonds is 5. The Bertz CT molecular complexity index is 155. The topological polar surface area (TPSA) is 72.8 Å². The third-order valence-electron chi connectivity index (χ3n) is 1.01. The zero-order valence-electron chi connectivity index (χ0n) is 8.91. The van der Waals surface area contributed by atoms with Crippen molar-refractivity contribution in [3.63, 3.8) is 0 Å². The summed E-state index contributed by atoms with van der Waals surface area (Å²) < 4.78 is 9.17. The SMILES string of the molecule is CCOC(C)=O.CCOCCC(=O)O. The van der Waals surface area contributed by atoms with E-state index in [0.29, 0.717) is 19.8 Å². The van der Waals surface area contributed by atoms with E-state index in [-0.39, 0.29) is 12.4 Å². The fourth-order valence-corrected chi connectivity index (χ4v) is 0.507. The number of carbonyl (C=O) groups excluding carboxylic acids is 1. The zero-order valence-corrected chi connectivity index (χ0v) is 8.91. The maximum Gasteiger partial charge on any atom is 0.305 e. The lowest BCUT2D eigenvalue weighted by Gasteiger charge is -1.93. The third kappa shape index (κ3) is 22.4. The average molecular weight is 206 g/mol. The molecular weight excluding hydrogens is 188 g/mol. The van der Waals surface area contributed by atoms with E-state index in [4.69, 9.17) is 9.84 Å². The van der Waals surface area contributed by atoms with Crippen molar-refractivity contribution in [3.05, 3.63) is 0 Å². The fourth-order valence-electron chi connectivity index (χ4n) is 0.507. The van der Waals surface area contributed by atoms with Crippen LogP contribution in [0.3, 0.4) is 0 Å². The van der Waals surface area contributed by atoms with Gasteiger partial charge in [0.15, 0.2) is 0 Å². The minimum Gasteiger partial charge on any atom is -0.481 e. The normalized spacial score (nSPS) is 8.50. The van der Waals surface area contributed by atoms with Crippen molar-refractivity contribution in [2.24, 2.45) is 0 Å². The Balaban J connectivity index is 0. The summed E-state index contributed by atoms with van der Waals surface area (Å²) >= 11 is 0. The lowest BCUT2D eigenvalue weighted by molar-refractivity contribution is -0.140. The van der Waals surface area contributed by atoms with Gasteiger partial charge in [0.2, 0.25) is 0 Å². The molecular formula is C9H18O5. The molecule has 0 bridgehead atoms. The van der Waals surface area contributed by atoms with E-state index in [1.54, 1.807) is 6.92 Å². The maximum atomic E-state index is 9.82. The van der Waals surface area contributed by atoms with Gasteiger partial charge in [0.05, 0.1) is 19.6 Å². The van der Waals surface area contributed by atoms with Gasteiger partial charge in [-0.3, -0.25) is 9.59 Å². The summed E-state index contributed by atoms with van der Waals surface area (Å²) in [5.41, 5.74) is 0. The van der Waals surface area contributed by atoms with Crippen LogP contribution in [0.2, 0.25) is 0 Å². The number of carbonyl (C=O) groups is 2. The van der Waals surface area contributed by atoms with Crippen LogP contribution in [0.25, 0.3) is 0 Å². The molecule has 14 heavy (non-hydrogen) atoms. The van der Waals surface area contributed by atoms with Gasteiger partial charge in [0, 0.05) is 13.5 Å². The molecule has 84 valence electrons. The van der Waals surface area contributed by atoms with Crippen molar-refractivity contribution < 1.29 is 24.2 Å². The van der Waals surface area contributed by atoms with Gasteiger partial charge in [0.25, 0.3) is 0 Å². The van der Waals surface area contributed by atoms with Gasteiger partial charge in [-0.05, 0) is 13.8 Å². The summed E-state index contributed by atoms with van der Waals surface area (Å²) in [5, 5.41) is 8.06. The molecule has 0 saturated heterocycles. The fraction of sp³-hybridized carbons (Fsp3) is 0.778. The van der Waals surface area contributed by atoms with E-state index in [9.17, 15) is 9.59 Å². The molecule has 0 saturated carbocycles. The standard InChI is InChI=1S/C5H10O3.C4H8O2/c1-2-8-4-3-5(6)7;1-3-6-4(2)5/h2-4H2,1H3,(H,6,7);3H2,1-2H3. The second-order valence-corrected chi connectivity index (χ2v) is 2.27. The smallest absolute Gasteiger partial charge is 0.305 e. The predicted molar refractivity (Wildman–Crippen MR) is 51.1 cm³/mol. The molecule has 0 aromatic rings. The molecule has 0 radical (unpaired) electrons. The van der Waals surface area contributed by atoms with Crippen LogP contribution in [-0.4, -0.2) is 36.9 Å². The Morgan fingerprint density at radius 2 is 1.79 bits per heavy atom. The van der Waals surface area contributed by atoms with Crippen molar-refractivity contribution in [2.45, 2.75) is 27.2 Å². The van der Waals surface area contributed by atoms with Crippen molar-refractivity contribution in [1.82, 2.24) is 0 Å². The maximum absolute atomic E-state index is 9.82. The highest BCUT2D eigenvalue weighted by molar-refractivity contribution is 5.66. The minimum absolute atomic E-state index is 0.105. The zero-order chi connectivity index (χ0) is 11.4. The van der Waals surface area contributed by atoms with Crippen LogP contribution in [0.15, 0.2) is 0 Å². The average Bonchev–Trinajstić information content (AvgIpc) is 2.05. The molecule has 0 aromatic carbocycles. The third-order valence-corrected chi connectivity index (χ3v) is 1.01. The van der Waals surface area contributed by atoms with Gasteiger partial charge in [-0.15, -0.1) is 0 Å². The highest BCUT2D eigenvalue weighted by Crippen LogP contribution is 1.80. The van der Waals surface area contributed by atoms with E-state index in [0.717, 1.165) is 0 Å². The monoisotopic (exact) mass is 206 g/mol. The van der Waals surface area contributed by atoms with Crippen molar-refractivity contribution in [1.29, 1.82) is 0 Å². The first kappa shape index (κ1) is 15.4. The van der Waals surface area contributed by atoms with Gasteiger partial charge in [-0.2, -0.15) is 0 Å². The van der Waals surface area contributed by atoms with Gasteiger partial charge in [-0.25, -0.2) is 0 Å².